The highest BCUT2D eigenvalue weighted by Crippen LogP contribution is 2.28. The van der Waals surface area contributed by atoms with Crippen LogP contribution in [0.4, 0.5) is 10.1 Å². The van der Waals surface area contributed by atoms with Gasteiger partial charge in [-0.2, -0.15) is 0 Å². The molecule has 8 nitrogen and oxygen atoms in total. The highest BCUT2D eigenvalue weighted by Gasteiger charge is 2.19. The average Bonchev–Trinajstić information content (AvgIpc) is 3.27. The number of benzene rings is 2. The number of sulfonamides is 1. The third-order valence-electron chi connectivity index (χ3n) is 4.60. The summed E-state index contributed by atoms with van der Waals surface area (Å²) in [5, 5.41) is 2.73. The second-order valence-corrected chi connectivity index (χ2v) is 9.60. The van der Waals surface area contributed by atoms with Crippen molar-refractivity contribution in [1.82, 2.24) is 14.1 Å². The van der Waals surface area contributed by atoms with Gasteiger partial charge in [0.05, 0.1) is 10.6 Å². The molecule has 0 unspecified atom stereocenters. The van der Waals surface area contributed by atoms with Gasteiger partial charge in [-0.3, -0.25) is 14.0 Å². The fourth-order valence-electron chi connectivity index (χ4n) is 3.07. The van der Waals surface area contributed by atoms with Gasteiger partial charge >= 0.3 is 0 Å². The van der Waals surface area contributed by atoms with E-state index in [1.165, 1.54) is 47.7 Å². The van der Waals surface area contributed by atoms with Gasteiger partial charge in [0.1, 0.15) is 10.7 Å². The summed E-state index contributed by atoms with van der Waals surface area (Å²) in [4.78, 5) is 29.3. The Bertz CT molecular complexity index is 1440. The molecule has 32 heavy (non-hydrogen) atoms. The molecular weight excluding hydrogens is 455 g/mol. The van der Waals surface area contributed by atoms with E-state index in [0.29, 0.717) is 26.9 Å². The van der Waals surface area contributed by atoms with Gasteiger partial charge in [-0.05, 0) is 55.5 Å². The van der Waals surface area contributed by atoms with Crippen LogP contribution >= 0.6 is 11.3 Å². The van der Waals surface area contributed by atoms with Crippen LogP contribution in [0.15, 0.2) is 59.6 Å². The van der Waals surface area contributed by atoms with Gasteiger partial charge < -0.3 is 5.32 Å². The number of aryl methyl sites for hydroxylation is 1. The quantitative estimate of drug-likeness (QED) is 0.461. The maximum Gasteiger partial charge on any atom is 0.267 e. The van der Waals surface area contributed by atoms with E-state index in [-0.39, 0.29) is 16.6 Å². The molecule has 2 aromatic carbocycles. The smallest absolute Gasteiger partial charge is 0.267 e. The maximum absolute atomic E-state index is 13.1. The van der Waals surface area contributed by atoms with Crippen LogP contribution in [0.25, 0.3) is 16.2 Å². The molecule has 2 heterocycles. The lowest BCUT2D eigenvalue weighted by Crippen LogP contribution is -2.28. The number of aromatic nitrogens is 2. The second-order valence-electron chi connectivity index (χ2n) is 6.94. The lowest BCUT2D eigenvalue weighted by molar-refractivity contribution is -0.117. The number of fused-ring (bicyclic) bond motifs is 1. The van der Waals surface area contributed by atoms with Crippen molar-refractivity contribution in [3.05, 3.63) is 71.1 Å². The molecule has 2 N–H and O–H groups in total. The molecule has 0 radical (unpaired) electrons. The molecular formula is C21H17FN4O4S2. The Morgan fingerprint density at radius 1 is 1.06 bits per heavy atom. The molecule has 4 aromatic rings. The number of hydrogen-bond acceptors (Lipinski definition) is 6. The van der Waals surface area contributed by atoms with Gasteiger partial charge in [-0.15, -0.1) is 0 Å². The third kappa shape index (κ3) is 4.25. The summed E-state index contributed by atoms with van der Waals surface area (Å²) < 4.78 is 40.8. The number of nitrogens with zero attached hydrogens (tertiary/aromatic N) is 2. The van der Waals surface area contributed by atoms with Crippen LogP contribution < -0.4 is 10.0 Å². The summed E-state index contributed by atoms with van der Waals surface area (Å²) >= 11 is 1.21. The summed E-state index contributed by atoms with van der Waals surface area (Å²) in [5.74, 6) is -1.38. The predicted molar refractivity (Wildman–Crippen MR) is 119 cm³/mol. The number of imidazole rings is 1. The van der Waals surface area contributed by atoms with Crippen LogP contribution in [-0.2, 0) is 14.8 Å². The predicted octanol–water partition coefficient (Wildman–Crippen LogP) is 3.59. The summed E-state index contributed by atoms with van der Waals surface area (Å²) in [6.07, 6.45) is 1.78. The molecule has 0 aliphatic rings. The summed E-state index contributed by atoms with van der Waals surface area (Å²) in [5.41, 5.74) is 2.52. The monoisotopic (exact) mass is 472 g/mol. The van der Waals surface area contributed by atoms with Gasteiger partial charge in [-0.25, -0.2) is 22.5 Å². The van der Waals surface area contributed by atoms with E-state index in [2.05, 4.69) is 10.3 Å². The number of thiazole rings is 1. The summed E-state index contributed by atoms with van der Waals surface area (Å²) in [6.45, 7) is 2.90. The second kappa shape index (κ2) is 8.17. The molecule has 0 bridgehead atoms. The van der Waals surface area contributed by atoms with Crippen molar-refractivity contribution in [3.63, 3.8) is 0 Å². The highest BCUT2D eigenvalue weighted by molar-refractivity contribution is 7.90. The first kappa shape index (κ1) is 21.7. The molecule has 0 saturated carbocycles. The van der Waals surface area contributed by atoms with Crippen molar-refractivity contribution in [3.8, 4) is 11.3 Å². The van der Waals surface area contributed by atoms with E-state index in [0.717, 1.165) is 12.5 Å². The zero-order valence-corrected chi connectivity index (χ0v) is 18.6. The lowest BCUT2D eigenvalue weighted by atomic mass is 10.2. The number of carbonyl (C=O) groups is 2. The van der Waals surface area contributed by atoms with Crippen LogP contribution in [0.1, 0.15) is 22.3 Å². The number of anilines is 1. The normalized spacial score (nSPS) is 11.5. The van der Waals surface area contributed by atoms with E-state index in [4.69, 9.17) is 0 Å². The van der Waals surface area contributed by atoms with Crippen LogP contribution in [0.5, 0.6) is 0 Å². The number of rotatable bonds is 5. The molecule has 0 aliphatic carbocycles. The molecule has 0 atom stereocenters. The number of halogens is 1. The van der Waals surface area contributed by atoms with Crippen molar-refractivity contribution in [2.75, 3.05) is 5.32 Å². The Kier molecular flexibility index (Phi) is 5.53. The van der Waals surface area contributed by atoms with Gasteiger partial charge in [0.15, 0.2) is 4.96 Å². The van der Waals surface area contributed by atoms with E-state index in [9.17, 15) is 22.4 Å². The van der Waals surface area contributed by atoms with E-state index in [1.54, 1.807) is 29.7 Å². The van der Waals surface area contributed by atoms with E-state index < -0.39 is 15.9 Å². The average molecular weight is 473 g/mol. The number of hydrogen-bond donors (Lipinski definition) is 2. The zero-order valence-electron chi connectivity index (χ0n) is 16.9. The maximum atomic E-state index is 13.1. The Hall–Kier alpha value is -3.57. The standard InChI is InChI=1S/C21H17FN4O4S2/c1-12-19(31-21-24-18(11-26(12)21)14-3-5-15(22)6-4-14)20(28)23-16-7-9-17(10-8-16)32(29,30)25-13(2)27/h3-11H,1-2H3,(H,23,28)(H,25,27). The molecule has 2 aromatic heterocycles. The largest absolute Gasteiger partial charge is 0.321 e. The summed E-state index contributed by atoms with van der Waals surface area (Å²) in [7, 11) is -3.95. The fraction of sp³-hybridized carbons (Fsp3) is 0.0952. The van der Waals surface area contributed by atoms with Gasteiger partial charge in [-0.1, -0.05) is 11.3 Å². The highest BCUT2D eigenvalue weighted by atomic mass is 32.2. The van der Waals surface area contributed by atoms with Crippen LogP contribution in [-0.4, -0.2) is 29.6 Å². The van der Waals surface area contributed by atoms with Crippen molar-refractivity contribution in [2.24, 2.45) is 0 Å². The van der Waals surface area contributed by atoms with Crippen LogP contribution in [0.3, 0.4) is 0 Å². The zero-order chi connectivity index (χ0) is 23.0. The van der Waals surface area contributed by atoms with Crippen molar-refractivity contribution >= 4 is 43.8 Å². The van der Waals surface area contributed by atoms with E-state index >= 15 is 0 Å². The number of amides is 2. The molecule has 0 saturated heterocycles. The lowest BCUT2D eigenvalue weighted by Gasteiger charge is -2.07. The Balaban J connectivity index is 1.54. The molecule has 164 valence electrons. The SMILES string of the molecule is CC(=O)NS(=O)(=O)c1ccc(NC(=O)c2sc3nc(-c4ccc(F)cc4)cn3c2C)cc1. The number of carbonyl (C=O) groups excluding carboxylic acids is 2. The van der Waals surface area contributed by atoms with E-state index in [1.807, 2.05) is 4.72 Å². The minimum Gasteiger partial charge on any atom is -0.321 e. The third-order valence-corrected chi connectivity index (χ3v) is 7.21. The van der Waals surface area contributed by atoms with Crippen molar-refractivity contribution < 1.29 is 22.4 Å². The van der Waals surface area contributed by atoms with Crippen molar-refractivity contribution in [1.29, 1.82) is 0 Å². The molecule has 11 heteroatoms. The Labute approximate surface area is 186 Å². The first-order chi connectivity index (χ1) is 15.1. The molecule has 0 spiro atoms. The first-order valence-electron chi connectivity index (χ1n) is 9.33. The van der Waals surface area contributed by atoms with Crippen LogP contribution in [0, 0.1) is 12.7 Å². The molecule has 0 aliphatic heterocycles. The molecule has 2 amide bonds. The van der Waals surface area contributed by atoms with Gasteiger partial charge in [0.25, 0.3) is 15.9 Å². The molecule has 0 fully saturated rings. The Morgan fingerprint density at radius 2 is 1.72 bits per heavy atom. The first-order valence-corrected chi connectivity index (χ1v) is 11.6. The van der Waals surface area contributed by atoms with Gasteiger partial charge in [0, 0.05) is 30.1 Å². The summed E-state index contributed by atoms with van der Waals surface area (Å²) in [6, 6.07) is 11.5. The molecule has 4 rings (SSSR count). The van der Waals surface area contributed by atoms with Crippen LogP contribution in [0.2, 0.25) is 0 Å². The van der Waals surface area contributed by atoms with Gasteiger partial charge in [0.2, 0.25) is 5.91 Å². The minimum atomic E-state index is -3.95. The minimum absolute atomic E-state index is 0.0928. The topological polar surface area (TPSA) is 110 Å². The van der Waals surface area contributed by atoms with Crippen molar-refractivity contribution in [2.45, 2.75) is 18.7 Å². The fourth-order valence-corrected chi connectivity index (χ4v) is 5.07. The Morgan fingerprint density at radius 3 is 2.31 bits per heavy atom. The number of nitrogens with one attached hydrogen (secondary N) is 2.